The van der Waals surface area contributed by atoms with Gasteiger partial charge >= 0.3 is 0 Å². The Balaban J connectivity index is 1.97. The van der Waals surface area contributed by atoms with Crippen LogP contribution in [0.2, 0.25) is 0 Å². The van der Waals surface area contributed by atoms with Gasteiger partial charge in [-0.3, -0.25) is 0 Å². The normalized spacial score (nSPS) is 14.8. The van der Waals surface area contributed by atoms with Gasteiger partial charge in [0.05, 0.1) is 11.4 Å². The summed E-state index contributed by atoms with van der Waals surface area (Å²) in [5.41, 5.74) is 3.95. The van der Waals surface area contributed by atoms with Crippen molar-refractivity contribution in [2.75, 3.05) is 12.9 Å². The van der Waals surface area contributed by atoms with Gasteiger partial charge < -0.3 is 4.74 Å². The largest absolute Gasteiger partial charge is 0.493 e. The van der Waals surface area contributed by atoms with Crippen molar-refractivity contribution in [2.45, 2.75) is 16.1 Å². The zero-order valence-corrected chi connectivity index (χ0v) is 13.1. The highest BCUT2D eigenvalue weighted by atomic mass is 79.9. The second-order valence-corrected chi connectivity index (χ2v) is 6.33. The summed E-state index contributed by atoms with van der Waals surface area (Å²) in [6.07, 6.45) is 3.14. The van der Waals surface area contributed by atoms with Crippen LogP contribution in [0.1, 0.15) is 21.5 Å². The van der Waals surface area contributed by atoms with Crippen LogP contribution in [0.3, 0.4) is 0 Å². The minimum atomic E-state index is 0.238. The van der Waals surface area contributed by atoms with Gasteiger partial charge in [0, 0.05) is 11.3 Å². The number of hydrogen-bond donors (Lipinski definition) is 0. The van der Waals surface area contributed by atoms with E-state index in [1.807, 2.05) is 0 Å². The summed E-state index contributed by atoms with van der Waals surface area (Å²) < 4.78 is 5.56. The van der Waals surface area contributed by atoms with E-state index in [1.165, 1.54) is 21.6 Å². The maximum absolute atomic E-state index is 5.56. The first kappa shape index (κ1) is 13.1. The van der Waals surface area contributed by atoms with Crippen molar-refractivity contribution in [3.8, 4) is 5.75 Å². The molecule has 0 saturated heterocycles. The Labute approximate surface area is 126 Å². The zero-order chi connectivity index (χ0) is 13.2. The summed E-state index contributed by atoms with van der Waals surface area (Å²) in [4.78, 5) is 1.56. The van der Waals surface area contributed by atoms with Crippen LogP contribution in [0.5, 0.6) is 5.75 Å². The first-order chi connectivity index (χ1) is 9.29. The molecule has 0 aliphatic carbocycles. The summed E-state index contributed by atoms with van der Waals surface area (Å²) in [5, 5.41) is 0. The van der Waals surface area contributed by atoms with Crippen LogP contribution in [0.25, 0.3) is 0 Å². The van der Waals surface area contributed by atoms with E-state index in [1.54, 1.807) is 11.8 Å². The van der Waals surface area contributed by atoms with Crippen molar-refractivity contribution in [3.63, 3.8) is 0 Å². The maximum Gasteiger partial charge on any atom is 0.122 e. The lowest BCUT2D eigenvalue weighted by molar-refractivity contribution is 0.357. The van der Waals surface area contributed by atoms with Gasteiger partial charge in [-0.05, 0) is 35.1 Å². The fourth-order valence-electron chi connectivity index (χ4n) is 2.42. The molecule has 2 aromatic carbocycles. The van der Waals surface area contributed by atoms with E-state index in [0.717, 1.165) is 18.8 Å². The van der Waals surface area contributed by atoms with Gasteiger partial charge in [-0.1, -0.05) is 46.3 Å². The minimum absolute atomic E-state index is 0.238. The monoisotopic (exact) mass is 334 g/mol. The molecule has 1 atom stereocenters. The molecule has 1 unspecified atom stereocenters. The van der Waals surface area contributed by atoms with Crippen LogP contribution in [-0.4, -0.2) is 12.9 Å². The molecule has 98 valence electrons. The Morgan fingerprint density at radius 3 is 2.89 bits per heavy atom. The highest BCUT2D eigenvalue weighted by Gasteiger charge is 2.18. The molecule has 3 heteroatoms. The van der Waals surface area contributed by atoms with Crippen molar-refractivity contribution >= 4 is 27.7 Å². The van der Waals surface area contributed by atoms with Gasteiger partial charge in [0.2, 0.25) is 0 Å². The summed E-state index contributed by atoms with van der Waals surface area (Å²) >= 11 is 5.63. The molecule has 0 spiro atoms. The third-order valence-corrected chi connectivity index (χ3v) is 5.25. The van der Waals surface area contributed by atoms with Crippen LogP contribution in [0.4, 0.5) is 0 Å². The molecule has 1 heterocycles. The average Bonchev–Trinajstić information content (AvgIpc) is 2.93. The zero-order valence-electron chi connectivity index (χ0n) is 10.7. The Morgan fingerprint density at radius 2 is 2.05 bits per heavy atom. The van der Waals surface area contributed by atoms with Gasteiger partial charge in [-0.2, -0.15) is 0 Å². The van der Waals surface area contributed by atoms with Crippen LogP contribution in [-0.2, 0) is 6.42 Å². The molecule has 1 aliphatic heterocycles. The maximum atomic E-state index is 5.56. The van der Waals surface area contributed by atoms with Gasteiger partial charge in [0.25, 0.3) is 0 Å². The highest BCUT2D eigenvalue weighted by Crippen LogP contribution is 2.38. The van der Waals surface area contributed by atoms with E-state index in [4.69, 9.17) is 4.74 Å². The number of thioether (sulfide) groups is 1. The van der Waals surface area contributed by atoms with Crippen LogP contribution in [0.15, 0.2) is 47.4 Å². The van der Waals surface area contributed by atoms with Gasteiger partial charge in [0.15, 0.2) is 0 Å². The van der Waals surface area contributed by atoms with Gasteiger partial charge in [-0.25, -0.2) is 0 Å². The highest BCUT2D eigenvalue weighted by molar-refractivity contribution is 9.09. The molecule has 0 amide bonds. The summed E-state index contributed by atoms with van der Waals surface area (Å²) in [6, 6.07) is 15.1. The number of hydrogen-bond acceptors (Lipinski definition) is 2. The Kier molecular flexibility index (Phi) is 3.85. The van der Waals surface area contributed by atoms with Crippen molar-refractivity contribution in [2.24, 2.45) is 0 Å². The molecule has 3 rings (SSSR count). The quantitative estimate of drug-likeness (QED) is 0.587. The fraction of sp³-hybridized carbons (Fsp3) is 0.250. The van der Waals surface area contributed by atoms with Crippen molar-refractivity contribution in [3.05, 3.63) is 59.2 Å². The van der Waals surface area contributed by atoms with Crippen molar-refractivity contribution in [1.82, 2.24) is 0 Å². The molecule has 0 fully saturated rings. The number of alkyl halides is 1. The number of rotatable bonds is 3. The van der Waals surface area contributed by atoms with Crippen molar-refractivity contribution in [1.29, 1.82) is 0 Å². The Morgan fingerprint density at radius 1 is 1.21 bits per heavy atom. The molecule has 0 aromatic heterocycles. The summed E-state index contributed by atoms with van der Waals surface area (Å²) in [5.74, 6) is 1.04. The second kappa shape index (κ2) is 5.59. The molecule has 0 saturated carbocycles. The molecule has 1 aliphatic rings. The van der Waals surface area contributed by atoms with Gasteiger partial charge in [-0.15, -0.1) is 11.8 Å². The average molecular weight is 335 g/mol. The number of fused-ring (bicyclic) bond motifs is 1. The predicted molar refractivity (Wildman–Crippen MR) is 84.6 cm³/mol. The Hall–Kier alpha value is -0.930. The molecular formula is C16H15BrOS. The SMILES string of the molecule is CSc1ccccc1C(Br)c1ccc2c(c1)CCO2. The second-order valence-electron chi connectivity index (χ2n) is 4.57. The molecule has 0 bridgehead atoms. The molecule has 0 N–H and O–H groups in total. The first-order valence-corrected chi connectivity index (χ1v) is 8.46. The number of benzene rings is 2. The van der Waals surface area contributed by atoms with E-state index in [9.17, 15) is 0 Å². The smallest absolute Gasteiger partial charge is 0.122 e. The van der Waals surface area contributed by atoms with Gasteiger partial charge in [0.1, 0.15) is 5.75 Å². The topological polar surface area (TPSA) is 9.23 Å². The lowest BCUT2D eigenvalue weighted by Gasteiger charge is -2.15. The van der Waals surface area contributed by atoms with Crippen LogP contribution in [0, 0.1) is 0 Å². The van der Waals surface area contributed by atoms with Crippen molar-refractivity contribution < 1.29 is 4.74 Å². The molecule has 2 aromatic rings. The number of ether oxygens (including phenoxy) is 1. The lowest BCUT2D eigenvalue weighted by Crippen LogP contribution is -1.95. The van der Waals surface area contributed by atoms with Crippen LogP contribution < -0.4 is 4.74 Å². The minimum Gasteiger partial charge on any atom is -0.493 e. The van der Waals surface area contributed by atoms with E-state index < -0.39 is 0 Å². The van der Waals surface area contributed by atoms with E-state index in [2.05, 4.69) is 64.7 Å². The fourth-order valence-corrected chi connectivity index (χ4v) is 3.89. The number of halogens is 1. The van der Waals surface area contributed by atoms with E-state index in [-0.39, 0.29) is 4.83 Å². The van der Waals surface area contributed by atoms with E-state index in [0.29, 0.717) is 0 Å². The summed E-state index contributed by atoms with van der Waals surface area (Å²) in [7, 11) is 0. The third kappa shape index (κ3) is 2.54. The first-order valence-electron chi connectivity index (χ1n) is 6.32. The molecule has 1 nitrogen and oxygen atoms in total. The lowest BCUT2D eigenvalue weighted by atomic mass is 10.0. The molecule has 0 radical (unpaired) electrons. The third-order valence-electron chi connectivity index (χ3n) is 3.42. The Bertz CT molecular complexity index is 597. The summed E-state index contributed by atoms with van der Waals surface area (Å²) in [6.45, 7) is 0.813. The molecular weight excluding hydrogens is 320 g/mol. The van der Waals surface area contributed by atoms with Crippen LogP contribution >= 0.6 is 27.7 Å². The molecule has 19 heavy (non-hydrogen) atoms. The predicted octanol–water partition coefficient (Wildman–Crippen LogP) is 4.83. The van der Waals surface area contributed by atoms with E-state index >= 15 is 0 Å². The standard InChI is InChI=1S/C16H15BrOS/c1-19-15-5-3-2-4-13(15)16(17)12-6-7-14-11(10-12)8-9-18-14/h2-7,10,16H,8-9H2,1H3.